The van der Waals surface area contributed by atoms with Gasteiger partial charge in [0, 0.05) is 19.4 Å². The highest BCUT2D eigenvalue weighted by Crippen LogP contribution is 2.10. The molecule has 100 valence electrons. The molecule has 1 rings (SSSR count). The second-order valence-electron chi connectivity index (χ2n) is 3.85. The molecule has 0 aliphatic carbocycles. The highest BCUT2D eigenvalue weighted by atomic mass is 32.2. The number of benzene rings is 1. The molecule has 1 N–H and O–H groups in total. The Balaban J connectivity index is 2.29. The predicted molar refractivity (Wildman–Crippen MR) is 72.0 cm³/mol. The van der Waals surface area contributed by atoms with Gasteiger partial charge in [-0.25, -0.2) is 4.39 Å². The number of rotatable bonds is 7. The highest BCUT2D eigenvalue weighted by Gasteiger charge is 2.12. The molecule has 0 spiro atoms. The summed E-state index contributed by atoms with van der Waals surface area (Å²) in [5.41, 5.74) is 0.888. The van der Waals surface area contributed by atoms with Gasteiger partial charge in [-0.3, -0.25) is 4.79 Å². The Bertz CT molecular complexity index is 370. The Morgan fingerprint density at radius 2 is 2.11 bits per heavy atom. The fourth-order valence-electron chi connectivity index (χ4n) is 1.32. The van der Waals surface area contributed by atoms with E-state index in [1.54, 1.807) is 31.0 Å². The number of halogens is 1. The summed E-state index contributed by atoms with van der Waals surface area (Å²) in [7, 11) is 1.64. The molecule has 3 nitrogen and oxygen atoms in total. The van der Waals surface area contributed by atoms with E-state index in [1.807, 2.05) is 6.92 Å². The van der Waals surface area contributed by atoms with Gasteiger partial charge >= 0.3 is 0 Å². The number of ether oxygens (including phenoxy) is 1. The first kappa shape index (κ1) is 15.0. The van der Waals surface area contributed by atoms with Crippen LogP contribution in [0.5, 0.6) is 0 Å². The minimum Gasteiger partial charge on any atom is -0.384 e. The van der Waals surface area contributed by atoms with Crippen LogP contribution in [0.4, 0.5) is 4.39 Å². The fraction of sp³-hybridized carbons (Fsp3) is 0.462. The molecule has 1 aromatic rings. The zero-order valence-corrected chi connectivity index (χ0v) is 11.4. The summed E-state index contributed by atoms with van der Waals surface area (Å²) in [5, 5.41) is 2.71. The Morgan fingerprint density at radius 1 is 1.44 bits per heavy atom. The molecular weight excluding hydrogens is 253 g/mol. The molecule has 0 unspecified atom stereocenters. The molecule has 0 fully saturated rings. The van der Waals surface area contributed by atoms with Gasteiger partial charge in [0.2, 0.25) is 5.91 Å². The lowest BCUT2D eigenvalue weighted by Crippen LogP contribution is -2.30. The van der Waals surface area contributed by atoms with Gasteiger partial charge in [0.25, 0.3) is 0 Å². The zero-order valence-electron chi connectivity index (χ0n) is 10.6. The third kappa shape index (κ3) is 5.51. The number of hydrogen-bond acceptors (Lipinski definition) is 3. The average molecular weight is 271 g/mol. The van der Waals surface area contributed by atoms with Gasteiger partial charge in [-0.05, 0) is 24.6 Å². The molecule has 1 atom stereocenters. The number of thioether (sulfide) groups is 1. The third-order valence-corrected chi connectivity index (χ3v) is 3.52. The fourth-order valence-corrected chi connectivity index (χ4v) is 2.17. The lowest BCUT2D eigenvalue weighted by Gasteiger charge is -2.11. The maximum Gasteiger partial charge on any atom is 0.233 e. The minimum atomic E-state index is -0.270. The summed E-state index contributed by atoms with van der Waals surface area (Å²) in [6.07, 6.45) is 0. The van der Waals surface area contributed by atoms with Gasteiger partial charge in [-0.2, -0.15) is 0 Å². The van der Waals surface area contributed by atoms with Crippen LogP contribution in [0.15, 0.2) is 24.3 Å². The molecule has 0 aliphatic heterocycles. The number of methoxy groups -OCH3 is 1. The number of amides is 1. The van der Waals surface area contributed by atoms with E-state index in [4.69, 9.17) is 4.74 Å². The van der Waals surface area contributed by atoms with Crippen molar-refractivity contribution in [1.82, 2.24) is 5.32 Å². The standard InChI is InChI=1S/C13H18FNO2S/c1-10(18-8-7-17-2)13(16)15-9-11-3-5-12(14)6-4-11/h3-6,10H,7-9H2,1-2H3,(H,15,16)/t10-/m0/s1. The van der Waals surface area contributed by atoms with Crippen LogP contribution in [0, 0.1) is 5.82 Å². The van der Waals surface area contributed by atoms with Crippen molar-refractivity contribution >= 4 is 17.7 Å². The van der Waals surface area contributed by atoms with Crippen LogP contribution in [0.3, 0.4) is 0 Å². The van der Waals surface area contributed by atoms with Crippen molar-refractivity contribution < 1.29 is 13.9 Å². The normalized spacial score (nSPS) is 12.2. The Labute approximate surface area is 111 Å². The summed E-state index contributed by atoms with van der Waals surface area (Å²) in [4.78, 5) is 11.7. The first-order valence-corrected chi connectivity index (χ1v) is 6.81. The smallest absolute Gasteiger partial charge is 0.233 e. The third-order valence-electron chi connectivity index (χ3n) is 2.40. The Kier molecular flexibility index (Phi) is 6.75. The molecule has 0 saturated carbocycles. The van der Waals surface area contributed by atoms with Crippen molar-refractivity contribution in [2.24, 2.45) is 0 Å². The number of carbonyl (C=O) groups is 1. The summed E-state index contributed by atoms with van der Waals surface area (Å²) >= 11 is 1.55. The van der Waals surface area contributed by atoms with Crippen LogP contribution >= 0.6 is 11.8 Å². The molecule has 18 heavy (non-hydrogen) atoms. The Morgan fingerprint density at radius 3 is 2.72 bits per heavy atom. The molecule has 1 aromatic carbocycles. The molecule has 0 radical (unpaired) electrons. The van der Waals surface area contributed by atoms with Gasteiger partial charge < -0.3 is 10.1 Å². The van der Waals surface area contributed by atoms with Crippen LogP contribution in [-0.2, 0) is 16.1 Å². The van der Waals surface area contributed by atoms with Crippen molar-refractivity contribution in [3.8, 4) is 0 Å². The molecule has 1 amide bonds. The SMILES string of the molecule is COCCS[C@@H](C)C(=O)NCc1ccc(F)cc1. The molecule has 5 heteroatoms. The lowest BCUT2D eigenvalue weighted by atomic mass is 10.2. The second kappa shape index (κ2) is 8.11. The second-order valence-corrected chi connectivity index (χ2v) is 5.30. The van der Waals surface area contributed by atoms with Gasteiger partial charge in [-0.15, -0.1) is 11.8 Å². The minimum absolute atomic E-state index is 0.0135. The van der Waals surface area contributed by atoms with E-state index in [2.05, 4.69) is 5.32 Å². The van der Waals surface area contributed by atoms with Gasteiger partial charge in [0.05, 0.1) is 11.9 Å². The van der Waals surface area contributed by atoms with E-state index < -0.39 is 0 Å². The predicted octanol–water partition coefficient (Wildman–Crippen LogP) is 2.21. The summed E-state index contributed by atoms with van der Waals surface area (Å²) in [5.74, 6) is 0.510. The van der Waals surface area contributed by atoms with E-state index in [0.717, 1.165) is 11.3 Å². The molecule has 0 bridgehead atoms. The van der Waals surface area contributed by atoms with Crippen LogP contribution < -0.4 is 5.32 Å². The van der Waals surface area contributed by atoms with E-state index >= 15 is 0 Å². The molecule has 0 aromatic heterocycles. The van der Waals surface area contributed by atoms with Gasteiger partial charge in [-0.1, -0.05) is 12.1 Å². The highest BCUT2D eigenvalue weighted by molar-refractivity contribution is 8.00. The molecular formula is C13H18FNO2S. The van der Waals surface area contributed by atoms with Crippen molar-refractivity contribution in [2.45, 2.75) is 18.7 Å². The van der Waals surface area contributed by atoms with Crippen molar-refractivity contribution in [2.75, 3.05) is 19.5 Å². The average Bonchev–Trinajstić information content (AvgIpc) is 2.38. The first-order chi connectivity index (χ1) is 8.63. The quantitative estimate of drug-likeness (QED) is 0.773. The first-order valence-electron chi connectivity index (χ1n) is 5.76. The van der Waals surface area contributed by atoms with Gasteiger partial charge in [0.15, 0.2) is 0 Å². The van der Waals surface area contributed by atoms with E-state index in [0.29, 0.717) is 13.2 Å². The van der Waals surface area contributed by atoms with Crippen molar-refractivity contribution in [3.63, 3.8) is 0 Å². The van der Waals surface area contributed by atoms with Crippen molar-refractivity contribution in [1.29, 1.82) is 0 Å². The Hall–Kier alpha value is -1.07. The molecule has 0 saturated heterocycles. The van der Waals surface area contributed by atoms with Crippen molar-refractivity contribution in [3.05, 3.63) is 35.6 Å². The van der Waals surface area contributed by atoms with Crippen LogP contribution in [-0.4, -0.2) is 30.6 Å². The zero-order chi connectivity index (χ0) is 13.4. The summed E-state index contributed by atoms with van der Waals surface area (Å²) in [6, 6.07) is 6.10. The van der Waals surface area contributed by atoms with E-state index in [9.17, 15) is 9.18 Å². The number of nitrogens with one attached hydrogen (secondary N) is 1. The monoisotopic (exact) mass is 271 g/mol. The van der Waals surface area contributed by atoms with Crippen LogP contribution in [0.25, 0.3) is 0 Å². The summed E-state index contributed by atoms with van der Waals surface area (Å²) in [6.45, 7) is 2.93. The van der Waals surface area contributed by atoms with E-state index in [-0.39, 0.29) is 17.0 Å². The molecule has 0 heterocycles. The van der Waals surface area contributed by atoms with Crippen LogP contribution in [0.2, 0.25) is 0 Å². The van der Waals surface area contributed by atoms with Crippen LogP contribution in [0.1, 0.15) is 12.5 Å². The summed E-state index contributed by atoms with van der Waals surface area (Å²) < 4.78 is 17.6. The maximum atomic E-state index is 12.7. The van der Waals surface area contributed by atoms with Gasteiger partial charge in [0.1, 0.15) is 5.82 Å². The maximum absolute atomic E-state index is 12.7. The number of hydrogen-bond donors (Lipinski definition) is 1. The topological polar surface area (TPSA) is 38.3 Å². The molecule has 0 aliphatic rings. The lowest BCUT2D eigenvalue weighted by molar-refractivity contribution is -0.120. The van der Waals surface area contributed by atoms with E-state index in [1.165, 1.54) is 12.1 Å². The number of carbonyl (C=O) groups excluding carboxylic acids is 1. The largest absolute Gasteiger partial charge is 0.384 e.